The van der Waals surface area contributed by atoms with Gasteiger partial charge in [-0.1, -0.05) is 6.07 Å². The van der Waals surface area contributed by atoms with Crippen molar-refractivity contribution in [2.75, 3.05) is 13.2 Å². The van der Waals surface area contributed by atoms with Crippen molar-refractivity contribution in [2.45, 2.75) is 13.8 Å². The molecule has 3 nitrogen and oxygen atoms in total. The predicted molar refractivity (Wildman–Crippen MR) is 53.9 cm³/mol. The summed E-state index contributed by atoms with van der Waals surface area (Å²) >= 11 is 0. The van der Waals surface area contributed by atoms with Gasteiger partial charge < -0.3 is 9.84 Å². The first kappa shape index (κ1) is 10.7. The van der Waals surface area contributed by atoms with E-state index in [4.69, 9.17) is 9.84 Å². The molecule has 14 heavy (non-hydrogen) atoms. The smallest absolute Gasteiger partial charge is 0.153 e. The van der Waals surface area contributed by atoms with Gasteiger partial charge in [-0.15, -0.1) is 0 Å². The fourth-order valence-corrected chi connectivity index (χ4v) is 1.42. The van der Waals surface area contributed by atoms with E-state index in [0.717, 1.165) is 17.4 Å². The quantitative estimate of drug-likeness (QED) is 0.738. The van der Waals surface area contributed by atoms with Gasteiger partial charge >= 0.3 is 0 Å². The molecule has 0 atom stereocenters. The summed E-state index contributed by atoms with van der Waals surface area (Å²) in [7, 11) is 0. The third kappa shape index (κ3) is 2.33. The summed E-state index contributed by atoms with van der Waals surface area (Å²) in [5.74, 6) is 0.569. The normalized spacial score (nSPS) is 9.93. The first-order valence-electron chi connectivity index (χ1n) is 4.49. The van der Waals surface area contributed by atoms with Crippen molar-refractivity contribution in [2.24, 2.45) is 0 Å². The lowest BCUT2D eigenvalue weighted by atomic mass is 10.1. The molecule has 0 aliphatic carbocycles. The zero-order chi connectivity index (χ0) is 10.6. The Hall–Kier alpha value is -1.35. The second-order valence-corrected chi connectivity index (χ2v) is 3.19. The summed E-state index contributed by atoms with van der Waals surface area (Å²) in [5.41, 5.74) is 2.48. The highest BCUT2D eigenvalue weighted by molar-refractivity contribution is 5.80. The molecule has 0 unspecified atom stereocenters. The van der Waals surface area contributed by atoms with E-state index in [1.54, 1.807) is 6.07 Å². The lowest BCUT2D eigenvalue weighted by molar-refractivity contribution is 0.111. The van der Waals surface area contributed by atoms with E-state index in [2.05, 4.69) is 0 Å². The topological polar surface area (TPSA) is 46.5 Å². The molecular weight excluding hydrogens is 180 g/mol. The zero-order valence-electron chi connectivity index (χ0n) is 8.41. The Morgan fingerprint density at radius 2 is 2.14 bits per heavy atom. The van der Waals surface area contributed by atoms with Gasteiger partial charge in [-0.2, -0.15) is 0 Å². The van der Waals surface area contributed by atoms with Crippen molar-refractivity contribution >= 4 is 6.29 Å². The van der Waals surface area contributed by atoms with Crippen molar-refractivity contribution in [3.63, 3.8) is 0 Å². The summed E-state index contributed by atoms with van der Waals surface area (Å²) < 4.78 is 5.28. The number of aliphatic hydroxyl groups is 1. The molecule has 0 radical (unpaired) electrons. The molecule has 0 spiro atoms. The summed E-state index contributed by atoms with van der Waals surface area (Å²) in [5, 5.41) is 8.62. The maximum atomic E-state index is 10.8. The standard InChI is InChI=1S/C11H14O3/c1-8-5-9(2)11(14-4-3-12)10(6-8)7-13/h5-7,12H,3-4H2,1-2H3. The van der Waals surface area contributed by atoms with Crippen molar-refractivity contribution in [3.05, 3.63) is 28.8 Å². The number of aryl methyl sites for hydroxylation is 2. The Morgan fingerprint density at radius 1 is 1.43 bits per heavy atom. The summed E-state index contributed by atoms with van der Waals surface area (Å²) in [4.78, 5) is 10.8. The SMILES string of the molecule is Cc1cc(C)c(OCCO)c(C=O)c1. The second kappa shape index (κ2) is 4.77. The Bertz CT molecular complexity index is 332. The van der Waals surface area contributed by atoms with Gasteiger partial charge in [0.2, 0.25) is 0 Å². The van der Waals surface area contributed by atoms with E-state index in [1.165, 1.54) is 0 Å². The van der Waals surface area contributed by atoms with Crippen LogP contribution >= 0.6 is 0 Å². The van der Waals surface area contributed by atoms with Gasteiger partial charge in [0, 0.05) is 0 Å². The molecule has 1 aromatic carbocycles. The number of benzene rings is 1. The highest BCUT2D eigenvalue weighted by atomic mass is 16.5. The number of ether oxygens (including phenoxy) is 1. The summed E-state index contributed by atoms with van der Waals surface area (Å²) in [6.45, 7) is 3.97. The number of hydrogen-bond acceptors (Lipinski definition) is 3. The van der Waals surface area contributed by atoms with E-state index < -0.39 is 0 Å². The molecule has 1 aromatic rings. The fourth-order valence-electron chi connectivity index (χ4n) is 1.42. The minimum atomic E-state index is -0.0500. The van der Waals surface area contributed by atoms with Gasteiger partial charge in [-0.3, -0.25) is 4.79 Å². The Kier molecular flexibility index (Phi) is 3.65. The predicted octanol–water partition coefficient (Wildman–Crippen LogP) is 1.49. The monoisotopic (exact) mass is 194 g/mol. The molecule has 0 amide bonds. The van der Waals surface area contributed by atoms with Crippen molar-refractivity contribution in [3.8, 4) is 5.75 Å². The number of carbonyl (C=O) groups excluding carboxylic acids is 1. The van der Waals surface area contributed by atoms with Crippen LogP contribution < -0.4 is 4.74 Å². The maximum absolute atomic E-state index is 10.8. The maximum Gasteiger partial charge on any atom is 0.153 e. The number of hydrogen-bond donors (Lipinski definition) is 1. The fraction of sp³-hybridized carbons (Fsp3) is 0.364. The molecule has 0 bridgehead atoms. The Labute approximate surface area is 83.3 Å². The first-order valence-corrected chi connectivity index (χ1v) is 4.49. The van der Waals surface area contributed by atoms with Gasteiger partial charge in [0.15, 0.2) is 6.29 Å². The second-order valence-electron chi connectivity index (χ2n) is 3.19. The van der Waals surface area contributed by atoms with Crippen LogP contribution in [0, 0.1) is 13.8 Å². The van der Waals surface area contributed by atoms with Gasteiger partial charge in [0.1, 0.15) is 12.4 Å². The van der Waals surface area contributed by atoms with Crippen LogP contribution in [0.1, 0.15) is 21.5 Å². The van der Waals surface area contributed by atoms with E-state index in [1.807, 2.05) is 19.9 Å². The van der Waals surface area contributed by atoms with Crippen LogP contribution in [0.4, 0.5) is 0 Å². The minimum absolute atomic E-state index is 0.0500. The number of rotatable bonds is 4. The van der Waals surface area contributed by atoms with Crippen molar-refractivity contribution in [1.29, 1.82) is 0 Å². The van der Waals surface area contributed by atoms with Gasteiger partial charge in [0.25, 0.3) is 0 Å². The lowest BCUT2D eigenvalue weighted by Gasteiger charge is -2.11. The van der Waals surface area contributed by atoms with Gasteiger partial charge in [0.05, 0.1) is 12.2 Å². The van der Waals surface area contributed by atoms with Crippen LogP contribution in [0.3, 0.4) is 0 Å². The Morgan fingerprint density at radius 3 is 2.71 bits per heavy atom. The highest BCUT2D eigenvalue weighted by Crippen LogP contribution is 2.23. The van der Waals surface area contributed by atoms with Crippen molar-refractivity contribution < 1.29 is 14.6 Å². The first-order chi connectivity index (χ1) is 6.69. The third-order valence-corrected chi connectivity index (χ3v) is 1.91. The van der Waals surface area contributed by atoms with Gasteiger partial charge in [-0.05, 0) is 31.0 Å². The van der Waals surface area contributed by atoms with Crippen LogP contribution in [0.15, 0.2) is 12.1 Å². The number of aliphatic hydroxyl groups excluding tert-OH is 1. The molecule has 1 N–H and O–H groups in total. The summed E-state index contributed by atoms with van der Waals surface area (Å²) in [6, 6.07) is 3.71. The molecule has 0 aromatic heterocycles. The number of aldehydes is 1. The van der Waals surface area contributed by atoms with E-state index in [9.17, 15) is 4.79 Å². The molecule has 0 fully saturated rings. The minimum Gasteiger partial charge on any atom is -0.490 e. The molecule has 1 rings (SSSR count). The average molecular weight is 194 g/mol. The third-order valence-electron chi connectivity index (χ3n) is 1.91. The van der Waals surface area contributed by atoms with Crippen molar-refractivity contribution in [1.82, 2.24) is 0 Å². The van der Waals surface area contributed by atoms with Crippen LogP contribution in [0.2, 0.25) is 0 Å². The van der Waals surface area contributed by atoms with E-state index in [0.29, 0.717) is 11.3 Å². The van der Waals surface area contributed by atoms with Crippen LogP contribution in [0.25, 0.3) is 0 Å². The molecule has 0 saturated carbocycles. The highest BCUT2D eigenvalue weighted by Gasteiger charge is 2.07. The molecule has 0 saturated heterocycles. The summed E-state index contributed by atoms with van der Waals surface area (Å²) in [6.07, 6.45) is 0.771. The Balaban J connectivity index is 3.05. The molecule has 3 heteroatoms. The van der Waals surface area contributed by atoms with Crippen LogP contribution in [-0.4, -0.2) is 24.6 Å². The molecule has 76 valence electrons. The number of carbonyl (C=O) groups is 1. The average Bonchev–Trinajstić information content (AvgIpc) is 2.15. The largest absolute Gasteiger partial charge is 0.490 e. The van der Waals surface area contributed by atoms with E-state index in [-0.39, 0.29) is 13.2 Å². The van der Waals surface area contributed by atoms with Crippen LogP contribution in [-0.2, 0) is 0 Å². The van der Waals surface area contributed by atoms with E-state index >= 15 is 0 Å². The molecule has 0 aliphatic heterocycles. The lowest BCUT2D eigenvalue weighted by Crippen LogP contribution is -2.05. The van der Waals surface area contributed by atoms with Crippen LogP contribution in [0.5, 0.6) is 5.75 Å². The zero-order valence-corrected chi connectivity index (χ0v) is 8.41. The molecule has 0 aliphatic rings. The molecular formula is C11H14O3. The van der Waals surface area contributed by atoms with Gasteiger partial charge in [-0.25, -0.2) is 0 Å². The molecule has 0 heterocycles.